The van der Waals surface area contributed by atoms with Crippen molar-refractivity contribution < 1.29 is 4.79 Å². The molecule has 0 aliphatic carbocycles. The second kappa shape index (κ2) is 8.88. The van der Waals surface area contributed by atoms with Gasteiger partial charge in [0.15, 0.2) is 4.34 Å². The normalized spacial score (nSPS) is 10.6. The Kier molecular flexibility index (Phi) is 6.85. The van der Waals surface area contributed by atoms with Crippen LogP contribution in [0.1, 0.15) is 24.5 Å². The summed E-state index contributed by atoms with van der Waals surface area (Å²) in [7, 11) is 1.81. The van der Waals surface area contributed by atoms with Crippen LogP contribution in [0.4, 0.5) is 5.13 Å². The van der Waals surface area contributed by atoms with Crippen molar-refractivity contribution >= 4 is 34.1 Å². The van der Waals surface area contributed by atoms with Crippen LogP contribution in [-0.4, -0.2) is 40.3 Å². The number of carbonyl (C=O) groups excluding carboxylic acids is 1. The molecule has 0 saturated heterocycles. The van der Waals surface area contributed by atoms with Gasteiger partial charge in [0.1, 0.15) is 0 Å². The molecule has 1 aromatic carbocycles. The molecule has 23 heavy (non-hydrogen) atoms. The predicted octanol–water partition coefficient (Wildman–Crippen LogP) is 3.42. The van der Waals surface area contributed by atoms with E-state index in [4.69, 9.17) is 0 Å². The van der Waals surface area contributed by atoms with Crippen LogP contribution in [0.25, 0.3) is 0 Å². The molecule has 1 heterocycles. The zero-order valence-corrected chi connectivity index (χ0v) is 15.3. The van der Waals surface area contributed by atoms with Crippen LogP contribution in [0.15, 0.2) is 28.6 Å². The van der Waals surface area contributed by atoms with Gasteiger partial charge in [-0.05, 0) is 18.9 Å². The van der Waals surface area contributed by atoms with E-state index in [1.807, 2.05) is 11.9 Å². The molecule has 0 radical (unpaired) electrons. The van der Waals surface area contributed by atoms with E-state index in [1.165, 1.54) is 28.7 Å². The molecule has 5 nitrogen and oxygen atoms in total. The average molecular weight is 351 g/mol. The van der Waals surface area contributed by atoms with Crippen molar-refractivity contribution in [1.29, 1.82) is 0 Å². The fourth-order valence-corrected chi connectivity index (χ4v) is 3.67. The van der Waals surface area contributed by atoms with Gasteiger partial charge in [0, 0.05) is 20.1 Å². The van der Waals surface area contributed by atoms with Gasteiger partial charge in [-0.3, -0.25) is 4.79 Å². The summed E-state index contributed by atoms with van der Waals surface area (Å²) in [4.78, 5) is 14.4. The summed E-state index contributed by atoms with van der Waals surface area (Å²) < 4.78 is 0.814. The van der Waals surface area contributed by atoms with Crippen LogP contribution in [-0.2, 0) is 11.3 Å². The Morgan fingerprint density at radius 3 is 2.65 bits per heavy atom. The Morgan fingerprint density at radius 1 is 1.30 bits per heavy atom. The molecule has 0 atom stereocenters. The number of anilines is 1. The van der Waals surface area contributed by atoms with Crippen molar-refractivity contribution in [2.24, 2.45) is 0 Å². The molecular weight excluding hydrogens is 328 g/mol. The second-order valence-electron chi connectivity index (χ2n) is 5.21. The SMILES string of the molecule is CCCN(Cc1ccc(C)cc1)C(=O)CSc1nnc(NC)s1. The van der Waals surface area contributed by atoms with Gasteiger partial charge in [-0.25, -0.2) is 0 Å². The van der Waals surface area contributed by atoms with Gasteiger partial charge in [-0.2, -0.15) is 0 Å². The van der Waals surface area contributed by atoms with Crippen LogP contribution in [0.2, 0.25) is 0 Å². The van der Waals surface area contributed by atoms with Crippen LogP contribution in [0.5, 0.6) is 0 Å². The molecular formula is C16H22N4OS2. The number of hydrogen-bond acceptors (Lipinski definition) is 6. The lowest BCUT2D eigenvalue weighted by molar-refractivity contribution is -0.129. The number of amides is 1. The summed E-state index contributed by atoms with van der Waals surface area (Å²) in [5.41, 5.74) is 2.39. The topological polar surface area (TPSA) is 58.1 Å². The Balaban J connectivity index is 1.93. The minimum atomic E-state index is 0.138. The third-order valence-electron chi connectivity index (χ3n) is 3.28. The summed E-state index contributed by atoms with van der Waals surface area (Å²) in [6.45, 7) is 5.58. The summed E-state index contributed by atoms with van der Waals surface area (Å²) >= 11 is 2.91. The molecule has 0 bridgehead atoms. The van der Waals surface area contributed by atoms with Crippen molar-refractivity contribution in [3.05, 3.63) is 35.4 Å². The maximum atomic E-state index is 12.5. The van der Waals surface area contributed by atoms with Crippen LogP contribution in [0, 0.1) is 6.92 Å². The maximum absolute atomic E-state index is 12.5. The molecule has 0 saturated carbocycles. The number of thioether (sulfide) groups is 1. The van der Waals surface area contributed by atoms with Gasteiger partial charge in [0.05, 0.1) is 5.75 Å². The Bertz CT molecular complexity index is 627. The van der Waals surface area contributed by atoms with E-state index in [0.29, 0.717) is 12.3 Å². The van der Waals surface area contributed by atoms with E-state index >= 15 is 0 Å². The first-order valence-electron chi connectivity index (χ1n) is 7.59. The zero-order valence-electron chi connectivity index (χ0n) is 13.7. The van der Waals surface area contributed by atoms with Gasteiger partial charge in [-0.15, -0.1) is 10.2 Å². The number of benzene rings is 1. The Hall–Kier alpha value is -1.60. The summed E-state index contributed by atoms with van der Waals surface area (Å²) in [5, 5.41) is 11.8. The third kappa shape index (κ3) is 5.51. The van der Waals surface area contributed by atoms with Gasteiger partial charge >= 0.3 is 0 Å². The molecule has 1 amide bonds. The highest BCUT2D eigenvalue weighted by atomic mass is 32.2. The highest BCUT2D eigenvalue weighted by Gasteiger charge is 2.15. The first-order valence-corrected chi connectivity index (χ1v) is 9.40. The number of nitrogens with zero attached hydrogens (tertiary/aromatic N) is 3. The molecule has 124 valence electrons. The second-order valence-corrected chi connectivity index (χ2v) is 7.41. The number of aryl methyl sites for hydroxylation is 1. The van der Waals surface area contributed by atoms with E-state index in [9.17, 15) is 4.79 Å². The van der Waals surface area contributed by atoms with Gasteiger partial charge in [0.2, 0.25) is 11.0 Å². The van der Waals surface area contributed by atoms with Crippen molar-refractivity contribution in [2.45, 2.75) is 31.2 Å². The molecule has 0 unspecified atom stereocenters. The predicted molar refractivity (Wildman–Crippen MR) is 97.1 cm³/mol. The molecule has 1 aromatic heterocycles. The fourth-order valence-electron chi connectivity index (χ4n) is 2.06. The molecule has 0 aliphatic heterocycles. The molecule has 0 fully saturated rings. The number of rotatable bonds is 8. The Labute approximate surface area is 145 Å². The molecule has 2 rings (SSSR count). The minimum absolute atomic E-state index is 0.138. The summed E-state index contributed by atoms with van der Waals surface area (Å²) in [6, 6.07) is 8.34. The minimum Gasteiger partial charge on any atom is -0.363 e. The smallest absolute Gasteiger partial charge is 0.233 e. The quantitative estimate of drug-likeness (QED) is 0.739. The Morgan fingerprint density at radius 2 is 2.04 bits per heavy atom. The lowest BCUT2D eigenvalue weighted by Gasteiger charge is -2.22. The number of hydrogen-bond donors (Lipinski definition) is 1. The van der Waals surface area contributed by atoms with E-state index in [0.717, 1.165) is 28.0 Å². The maximum Gasteiger partial charge on any atom is 0.233 e. The van der Waals surface area contributed by atoms with Gasteiger partial charge in [0.25, 0.3) is 0 Å². The van der Waals surface area contributed by atoms with E-state index in [-0.39, 0.29) is 5.91 Å². The lowest BCUT2D eigenvalue weighted by Crippen LogP contribution is -2.32. The van der Waals surface area contributed by atoms with Crippen LogP contribution < -0.4 is 5.32 Å². The van der Waals surface area contributed by atoms with Crippen molar-refractivity contribution in [2.75, 3.05) is 24.7 Å². The number of nitrogens with one attached hydrogen (secondary N) is 1. The highest BCUT2D eigenvalue weighted by molar-refractivity contribution is 8.01. The summed E-state index contributed by atoms with van der Waals surface area (Å²) in [6.07, 6.45) is 0.949. The van der Waals surface area contributed by atoms with E-state index in [2.05, 4.69) is 53.6 Å². The van der Waals surface area contributed by atoms with Crippen LogP contribution in [0.3, 0.4) is 0 Å². The highest BCUT2D eigenvalue weighted by Crippen LogP contribution is 2.25. The molecule has 7 heteroatoms. The van der Waals surface area contributed by atoms with Crippen molar-refractivity contribution in [3.63, 3.8) is 0 Å². The van der Waals surface area contributed by atoms with Gasteiger partial charge < -0.3 is 10.2 Å². The molecule has 2 aromatic rings. The lowest BCUT2D eigenvalue weighted by atomic mass is 10.1. The number of aromatic nitrogens is 2. The summed E-state index contributed by atoms with van der Waals surface area (Å²) in [5.74, 6) is 0.531. The van der Waals surface area contributed by atoms with Crippen molar-refractivity contribution in [3.8, 4) is 0 Å². The van der Waals surface area contributed by atoms with E-state index < -0.39 is 0 Å². The standard InChI is InChI=1S/C16H22N4OS2/c1-4-9-20(10-13-7-5-12(2)6-8-13)14(21)11-22-16-19-18-15(17-3)23-16/h5-8H,4,9-11H2,1-3H3,(H,17,18). The zero-order chi connectivity index (χ0) is 16.7. The first kappa shape index (κ1) is 17.7. The molecule has 0 spiro atoms. The van der Waals surface area contributed by atoms with Crippen molar-refractivity contribution in [1.82, 2.24) is 15.1 Å². The van der Waals surface area contributed by atoms with E-state index in [1.54, 1.807) is 0 Å². The fraction of sp³-hybridized carbons (Fsp3) is 0.438. The average Bonchev–Trinajstić information content (AvgIpc) is 3.02. The largest absolute Gasteiger partial charge is 0.363 e. The first-order chi connectivity index (χ1) is 11.1. The monoisotopic (exact) mass is 350 g/mol. The van der Waals surface area contributed by atoms with Crippen LogP contribution >= 0.6 is 23.1 Å². The van der Waals surface area contributed by atoms with Gasteiger partial charge in [-0.1, -0.05) is 59.9 Å². The molecule has 0 aliphatic rings. The third-order valence-corrected chi connectivity index (χ3v) is 5.34. The number of carbonyl (C=O) groups is 1. The molecule has 1 N–H and O–H groups in total.